The van der Waals surface area contributed by atoms with Crippen LogP contribution in [0, 0.1) is 23.2 Å². The van der Waals surface area contributed by atoms with Crippen molar-refractivity contribution in [1.29, 1.82) is 0 Å². The highest BCUT2D eigenvalue weighted by atomic mass is 16.5. The van der Waals surface area contributed by atoms with Gasteiger partial charge in [0.1, 0.15) is 11.9 Å². The van der Waals surface area contributed by atoms with Crippen molar-refractivity contribution in [2.45, 2.75) is 44.6 Å². The molecule has 0 N–H and O–H groups in total. The van der Waals surface area contributed by atoms with E-state index in [0.717, 1.165) is 23.5 Å². The molecule has 2 aromatic carbocycles. The van der Waals surface area contributed by atoms with E-state index in [0.29, 0.717) is 5.41 Å². The molecule has 122 valence electrons. The summed E-state index contributed by atoms with van der Waals surface area (Å²) >= 11 is 0. The second-order valence-electron chi connectivity index (χ2n) is 8.88. The average molecular weight is 316 g/mol. The molecule has 4 aliphatic carbocycles. The minimum absolute atomic E-state index is 0.282. The summed E-state index contributed by atoms with van der Waals surface area (Å²) in [5, 5.41) is 2.56. The molecule has 4 fully saturated rings. The molecule has 0 amide bonds. The van der Waals surface area contributed by atoms with Gasteiger partial charge in [-0.25, -0.2) is 0 Å². The molecule has 1 heterocycles. The van der Waals surface area contributed by atoms with E-state index in [1.165, 1.54) is 54.9 Å². The Bertz CT molecular complexity index is 811. The molecule has 1 unspecified atom stereocenters. The second-order valence-corrected chi connectivity index (χ2v) is 8.88. The Hall–Kier alpha value is -1.76. The quantitative estimate of drug-likeness (QED) is 0.643. The van der Waals surface area contributed by atoms with Crippen molar-refractivity contribution in [3.8, 4) is 5.75 Å². The molecule has 0 saturated heterocycles. The van der Waals surface area contributed by atoms with Crippen LogP contribution in [0.1, 0.15) is 44.1 Å². The van der Waals surface area contributed by atoms with Gasteiger partial charge in [-0.15, -0.1) is 0 Å². The molecule has 0 radical (unpaired) electrons. The highest BCUT2D eigenvalue weighted by Crippen LogP contribution is 2.62. The van der Waals surface area contributed by atoms with Crippen molar-refractivity contribution in [1.82, 2.24) is 0 Å². The van der Waals surface area contributed by atoms with Crippen LogP contribution in [0.25, 0.3) is 16.8 Å². The summed E-state index contributed by atoms with van der Waals surface area (Å²) in [6.07, 6.45) is 13.7. The molecule has 24 heavy (non-hydrogen) atoms. The summed E-state index contributed by atoms with van der Waals surface area (Å²) in [5.41, 5.74) is 1.66. The fourth-order valence-electron chi connectivity index (χ4n) is 6.74. The highest BCUT2D eigenvalue weighted by molar-refractivity contribution is 5.92. The van der Waals surface area contributed by atoms with Crippen LogP contribution in [0.5, 0.6) is 5.75 Å². The van der Waals surface area contributed by atoms with E-state index in [9.17, 15) is 0 Å². The van der Waals surface area contributed by atoms with Gasteiger partial charge >= 0.3 is 0 Å². The van der Waals surface area contributed by atoms with Crippen LogP contribution in [0.3, 0.4) is 0 Å². The Balaban J connectivity index is 1.43. The zero-order valence-corrected chi connectivity index (χ0v) is 14.1. The van der Waals surface area contributed by atoms with Crippen LogP contribution in [0.4, 0.5) is 0 Å². The lowest BCUT2D eigenvalue weighted by Gasteiger charge is -2.58. The molecular formula is C23H24O. The number of hydrogen-bond donors (Lipinski definition) is 0. The molecule has 1 atom stereocenters. The molecule has 4 saturated carbocycles. The summed E-state index contributed by atoms with van der Waals surface area (Å²) in [6, 6.07) is 13.1. The maximum Gasteiger partial charge on any atom is 0.135 e. The fourth-order valence-corrected chi connectivity index (χ4v) is 6.74. The SMILES string of the molecule is C1=CC(C23CC4CC(CC(C4)C2)C3)Oc2c1ccc1ccccc21. The molecule has 4 bridgehead atoms. The first kappa shape index (κ1) is 13.5. The largest absolute Gasteiger partial charge is 0.484 e. The van der Waals surface area contributed by atoms with Crippen LogP contribution in [0.15, 0.2) is 42.5 Å². The highest BCUT2D eigenvalue weighted by Gasteiger charge is 2.55. The maximum atomic E-state index is 6.74. The first-order valence-electron chi connectivity index (χ1n) is 9.66. The summed E-state index contributed by atoms with van der Waals surface area (Å²) in [5.74, 6) is 4.04. The van der Waals surface area contributed by atoms with Crippen molar-refractivity contribution >= 4 is 16.8 Å². The second kappa shape index (κ2) is 4.65. The van der Waals surface area contributed by atoms with Gasteiger partial charge in [0.15, 0.2) is 0 Å². The number of fused-ring (bicyclic) bond motifs is 3. The van der Waals surface area contributed by atoms with E-state index in [1.807, 2.05) is 0 Å². The number of ether oxygens (including phenoxy) is 1. The van der Waals surface area contributed by atoms with Crippen LogP contribution < -0.4 is 4.74 Å². The summed E-state index contributed by atoms with van der Waals surface area (Å²) < 4.78 is 6.74. The minimum atomic E-state index is 0.282. The van der Waals surface area contributed by atoms with Gasteiger partial charge in [0, 0.05) is 16.4 Å². The average Bonchev–Trinajstić information content (AvgIpc) is 2.60. The molecule has 1 aliphatic heterocycles. The smallest absolute Gasteiger partial charge is 0.135 e. The Kier molecular flexibility index (Phi) is 2.62. The van der Waals surface area contributed by atoms with Crippen molar-refractivity contribution in [2.24, 2.45) is 23.2 Å². The van der Waals surface area contributed by atoms with Crippen LogP contribution in [-0.4, -0.2) is 6.10 Å². The Morgan fingerprint density at radius 3 is 2.29 bits per heavy atom. The third-order valence-electron chi connectivity index (χ3n) is 7.29. The molecule has 1 nitrogen and oxygen atoms in total. The van der Waals surface area contributed by atoms with Gasteiger partial charge in [-0.2, -0.15) is 0 Å². The van der Waals surface area contributed by atoms with Crippen molar-refractivity contribution < 1.29 is 4.74 Å². The Morgan fingerprint density at radius 1 is 0.833 bits per heavy atom. The zero-order valence-electron chi connectivity index (χ0n) is 14.1. The van der Waals surface area contributed by atoms with Gasteiger partial charge < -0.3 is 4.74 Å². The summed E-state index contributed by atoms with van der Waals surface area (Å²) in [4.78, 5) is 0. The van der Waals surface area contributed by atoms with Crippen molar-refractivity contribution in [3.05, 3.63) is 48.0 Å². The lowest BCUT2D eigenvalue weighted by Crippen LogP contribution is -2.53. The van der Waals surface area contributed by atoms with Crippen LogP contribution in [-0.2, 0) is 0 Å². The van der Waals surface area contributed by atoms with Gasteiger partial charge in [0.05, 0.1) is 0 Å². The van der Waals surface area contributed by atoms with Crippen molar-refractivity contribution in [2.75, 3.05) is 0 Å². The maximum absolute atomic E-state index is 6.74. The Morgan fingerprint density at radius 2 is 1.54 bits per heavy atom. The lowest BCUT2D eigenvalue weighted by molar-refractivity contribution is -0.0969. The topological polar surface area (TPSA) is 9.23 Å². The van der Waals surface area contributed by atoms with E-state index in [1.54, 1.807) is 0 Å². The molecule has 0 spiro atoms. The van der Waals surface area contributed by atoms with Crippen molar-refractivity contribution in [3.63, 3.8) is 0 Å². The van der Waals surface area contributed by atoms with Gasteiger partial charge in [0.2, 0.25) is 0 Å². The first-order valence-corrected chi connectivity index (χ1v) is 9.66. The predicted molar refractivity (Wildman–Crippen MR) is 98.0 cm³/mol. The fraction of sp³-hybridized carbons (Fsp3) is 0.478. The van der Waals surface area contributed by atoms with Crippen LogP contribution >= 0.6 is 0 Å². The first-order chi connectivity index (χ1) is 11.8. The number of rotatable bonds is 1. The molecule has 5 aliphatic rings. The molecular weight excluding hydrogens is 292 g/mol. The van der Waals surface area contributed by atoms with Gasteiger partial charge in [-0.3, -0.25) is 0 Å². The third kappa shape index (κ3) is 1.82. The standard InChI is InChI=1S/C23H24O/c1-2-4-20-18(3-1)5-6-19-7-8-21(24-22(19)20)23-12-15-9-16(13-23)11-17(10-15)14-23/h1-8,15-17,21H,9-14H2. The van der Waals surface area contributed by atoms with Gasteiger partial charge in [0.25, 0.3) is 0 Å². The summed E-state index contributed by atoms with van der Waals surface area (Å²) in [7, 11) is 0. The third-order valence-corrected chi connectivity index (χ3v) is 7.29. The zero-order chi connectivity index (χ0) is 15.7. The summed E-state index contributed by atoms with van der Waals surface area (Å²) in [6.45, 7) is 0. The van der Waals surface area contributed by atoms with Gasteiger partial charge in [-0.05, 0) is 67.7 Å². The number of benzene rings is 2. The molecule has 0 aromatic heterocycles. The Labute approximate surface area is 143 Å². The molecule has 2 aromatic rings. The van der Waals surface area contributed by atoms with E-state index in [-0.39, 0.29) is 6.10 Å². The van der Waals surface area contributed by atoms with E-state index < -0.39 is 0 Å². The van der Waals surface area contributed by atoms with Crippen LogP contribution in [0.2, 0.25) is 0 Å². The molecule has 1 heteroatoms. The monoisotopic (exact) mass is 316 g/mol. The van der Waals surface area contributed by atoms with E-state index in [4.69, 9.17) is 4.74 Å². The van der Waals surface area contributed by atoms with E-state index in [2.05, 4.69) is 48.6 Å². The minimum Gasteiger partial charge on any atom is -0.484 e. The predicted octanol–water partition coefficient (Wildman–Crippen LogP) is 5.83. The lowest BCUT2D eigenvalue weighted by atomic mass is 9.48. The van der Waals surface area contributed by atoms with Gasteiger partial charge in [-0.1, -0.05) is 42.5 Å². The van der Waals surface area contributed by atoms with E-state index >= 15 is 0 Å². The molecule has 7 rings (SSSR count). The normalized spacial score (nSPS) is 39.0. The number of hydrogen-bond acceptors (Lipinski definition) is 1.